The van der Waals surface area contributed by atoms with Crippen LogP contribution in [0.15, 0.2) is 39.8 Å². The molecule has 1 heterocycles. The van der Waals surface area contributed by atoms with E-state index in [1.165, 1.54) is 0 Å². The smallest absolute Gasteiger partial charge is 0.201 e. The molecule has 4 heteroatoms. The molecule has 0 bridgehead atoms. The van der Waals surface area contributed by atoms with E-state index in [1.54, 1.807) is 30.5 Å². The average Bonchev–Trinajstić information content (AvgIpc) is 2.89. The van der Waals surface area contributed by atoms with Crippen LogP contribution in [0.5, 0.6) is 0 Å². The Morgan fingerprint density at radius 2 is 1.94 bits per heavy atom. The number of aliphatic hydroxyl groups excluding tert-OH is 1. The van der Waals surface area contributed by atoms with Crippen molar-refractivity contribution in [3.05, 3.63) is 41.0 Å². The Kier molecular flexibility index (Phi) is 1.77. The Hall–Kier alpha value is -2.23. The molecule has 0 radical (unpaired) electrons. The number of ketones is 1. The van der Waals surface area contributed by atoms with Crippen molar-refractivity contribution >= 4 is 23.6 Å². The van der Waals surface area contributed by atoms with Crippen molar-refractivity contribution < 1.29 is 9.90 Å². The van der Waals surface area contributed by atoms with Gasteiger partial charge in [-0.25, -0.2) is 4.99 Å². The van der Waals surface area contributed by atoms with Gasteiger partial charge in [0.25, 0.3) is 0 Å². The zero-order valence-electron chi connectivity index (χ0n) is 8.34. The van der Waals surface area contributed by atoms with Gasteiger partial charge in [-0.05, 0) is 0 Å². The summed E-state index contributed by atoms with van der Waals surface area (Å²) in [5.41, 5.74) is 1.29. The topological polar surface area (TPSA) is 62.0 Å². The molecule has 1 aliphatic carbocycles. The lowest BCUT2D eigenvalue weighted by Crippen LogP contribution is -2.07. The number of rotatable bonds is 1. The van der Waals surface area contributed by atoms with Crippen LogP contribution in [0.1, 0.15) is 15.9 Å². The summed E-state index contributed by atoms with van der Waals surface area (Å²) < 4.78 is 0. The lowest BCUT2D eigenvalue weighted by molar-refractivity contribution is 0.104. The number of hydrogen-bond acceptors (Lipinski definition) is 4. The van der Waals surface area contributed by atoms with Crippen molar-refractivity contribution in [2.75, 3.05) is 6.54 Å². The molecule has 3 rings (SSSR count). The minimum Gasteiger partial charge on any atom is -0.506 e. The Bertz CT molecular complexity index is 582. The van der Waals surface area contributed by atoms with Crippen LogP contribution in [0.3, 0.4) is 0 Å². The lowest BCUT2D eigenvalue weighted by atomic mass is 10.1. The first kappa shape index (κ1) is 9.03. The summed E-state index contributed by atoms with van der Waals surface area (Å²) in [6.45, 7) is 0.468. The van der Waals surface area contributed by atoms with Gasteiger partial charge in [0.2, 0.25) is 5.78 Å². The average molecular weight is 212 g/mol. The van der Waals surface area contributed by atoms with Gasteiger partial charge in [0.05, 0.1) is 6.54 Å². The van der Waals surface area contributed by atoms with Gasteiger partial charge in [-0.2, -0.15) is 0 Å². The van der Waals surface area contributed by atoms with E-state index >= 15 is 0 Å². The maximum Gasteiger partial charge on any atom is 0.201 e. The van der Waals surface area contributed by atoms with Crippen LogP contribution >= 0.6 is 0 Å². The number of fused-ring (bicyclic) bond motifs is 1. The zero-order valence-corrected chi connectivity index (χ0v) is 8.34. The fourth-order valence-corrected chi connectivity index (χ4v) is 1.91. The molecule has 0 amide bonds. The number of aliphatic hydroxyl groups is 1. The molecule has 0 atom stereocenters. The van der Waals surface area contributed by atoms with Gasteiger partial charge in [0.15, 0.2) is 5.84 Å². The molecule has 0 unspecified atom stereocenters. The third-order valence-electron chi connectivity index (χ3n) is 2.65. The SMILES string of the molecule is O=C1C(C2=NCC=N2)=C(O)c2ccccc21. The molecular formula is C12H8N2O2. The third kappa shape index (κ3) is 1.07. The first-order valence-electron chi connectivity index (χ1n) is 4.93. The van der Waals surface area contributed by atoms with Crippen molar-refractivity contribution in [3.8, 4) is 0 Å². The van der Waals surface area contributed by atoms with Crippen LogP contribution in [0.4, 0.5) is 0 Å². The van der Waals surface area contributed by atoms with E-state index in [2.05, 4.69) is 9.98 Å². The van der Waals surface area contributed by atoms with E-state index in [9.17, 15) is 9.90 Å². The second kappa shape index (κ2) is 3.13. The normalized spacial score (nSPS) is 18.0. The summed E-state index contributed by atoms with van der Waals surface area (Å²) in [6, 6.07) is 6.96. The number of carbonyl (C=O) groups is 1. The third-order valence-corrected chi connectivity index (χ3v) is 2.65. The molecule has 78 valence electrons. The van der Waals surface area contributed by atoms with Crippen LogP contribution in [-0.4, -0.2) is 29.5 Å². The Balaban J connectivity index is 2.20. The molecule has 1 aliphatic heterocycles. The highest BCUT2D eigenvalue weighted by Crippen LogP contribution is 2.32. The molecule has 4 nitrogen and oxygen atoms in total. The summed E-state index contributed by atoms with van der Waals surface area (Å²) >= 11 is 0. The van der Waals surface area contributed by atoms with Crippen molar-refractivity contribution in [2.45, 2.75) is 0 Å². The summed E-state index contributed by atoms with van der Waals surface area (Å²) in [7, 11) is 0. The number of Topliss-reactive ketones (excluding diaryl/α,β-unsaturated/α-hetero) is 1. The van der Waals surface area contributed by atoms with Crippen molar-refractivity contribution in [1.29, 1.82) is 0 Å². The monoisotopic (exact) mass is 212 g/mol. The summed E-state index contributed by atoms with van der Waals surface area (Å²) in [5, 5.41) is 9.98. The van der Waals surface area contributed by atoms with E-state index < -0.39 is 0 Å². The second-order valence-electron chi connectivity index (χ2n) is 3.57. The highest BCUT2D eigenvalue weighted by Gasteiger charge is 2.32. The van der Waals surface area contributed by atoms with Crippen LogP contribution < -0.4 is 0 Å². The molecule has 1 aromatic carbocycles. The fraction of sp³-hybridized carbons (Fsp3) is 0.0833. The number of hydrogen-bond donors (Lipinski definition) is 1. The summed E-state index contributed by atoms with van der Waals surface area (Å²) in [6.07, 6.45) is 1.62. The standard InChI is InChI=1S/C12H8N2O2/c15-10-7-3-1-2-4-8(7)11(16)9(10)12-13-5-6-14-12/h1-5,15H,6H2. The Labute approximate surface area is 91.7 Å². The zero-order chi connectivity index (χ0) is 11.1. The van der Waals surface area contributed by atoms with E-state index in [1.807, 2.05) is 0 Å². The van der Waals surface area contributed by atoms with Crippen LogP contribution in [0.2, 0.25) is 0 Å². The van der Waals surface area contributed by atoms with E-state index in [0.717, 1.165) is 0 Å². The van der Waals surface area contributed by atoms with Crippen molar-refractivity contribution in [3.63, 3.8) is 0 Å². The van der Waals surface area contributed by atoms with Gasteiger partial charge in [-0.1, -0.05) is 24.3 Å². The summed E-state index contributed by atoms with van der Waals surface area (Å²) in [4.78, 5) is 20.1. The highest BCUT2D eigenvalue weighted by molar-refractivity contribution is 6.36. The molecule has 0 saturated heterocycles. The van der Waals surface area contributed by atoms with Crippen LogP contribution in [-0.2, 0) is 0 Å². The quantitative estimate of drug-likeness (QED) is 0.769. The fourth-order valence-electron chi connectivity index (χ4n) is 1.91. The van der Waals surface area contributed by atoms with Gasteiger partial charge >= 0.3 is 0 Å². The number of amidine groups is 1. The van der Waals surface area contributed by atoms with Gasteiger partial charge in [-0.3, -0.25) is 9.79 Å². The van der Waals surface area contributed by atoms with Crippen LogP contribution in [0, 0.1) is 0 Å². The molecule has 1 N–H and O–H groups in total. The van der Waals surface area contributed by atoms with Gasteiger partial charge in [-0.15, -0.1) is 0 Å². The number of benzene rings is 1. The maximum absolute atomic E-state index is 12.0. The highest BCUT2D eigenvalue weighted by atomic mass is 16.3. The molecule has 0 saturated carbocycles. The van der Waals surface area contributed by atoms with Crippen LogP contribution in [0.25, 0.3) is 5.76 Å². The minimum absolute atomic E-state index is 0.0154. The van der Waals surface area contributed by atoms with Crippen molar-refractivity contribution in [2.24, 2.45) is 9.98 Å². The minimum atomic E-state index is -0.203. The number of aliphatic imine (C=N–C) groups is 2. The van der Waals surface area contributed by atoms with Gasteiger partial charge in [0, 0.05) is 17.3 Å². The van der Waals surface area contributed by atoms with Gasteiger partial charge in [0.1, 0.15) is 11.3 Å². The van der Waals surface area contributed by atoms with E-state index in [-0.39, 0.29) is 17.1 Å². The van der Waals surface area contributed by atoms with Crippen molar-refractivity contribution in [1.82, 2.24) is 0 Å². The molecule has 16 heavy (non-hydrogen) atoms. The molecule has 1 aromatic rings. The maximum atomic E-state index is 12.0. The van der Waals surface area contributed by atoms with E-state index in [0.29, 0.717) is 23.5 Å². The molecular weight excluding hydrogens is 204 g/mol. The van der Waals surface area contributed by atoms with Gasteiger partial charge < -0.3 is 5.11 Å². The second-order valence-corrected chi connectivity index (χ2v) is 3.57. The molecule has 0 fully saturated rings. The lowest BCUT2D eigenvalue weighted by Gasteiger charge is -1.97. The summed E-state index contributed by atoms with van der Waals surface area (Å²) in [5.74, 6) is 0.114. The first-order valence-corrected chi connectivity index (χ1v) is 4.93. The predicted octanol–water partition coefficient (Wildman–Crippen LogP) is 1.63. The molecule has 0 spiro atoms. The predicted molar refractivity (Wildman–Crippen MR) is 61.1 cm³/mol. The number of carbonyl (C=O) groups excluding carboxylic acids is 1. The Morgan fingerprint density at radius 1 is 1.19 bits per heavy atom. The molecule has 0 aromatic heterocycles. The largest absolute Gasteiger partial charge is 0.506 e. The molecule has 2 aliphatic rings. The van der Waals surface area contributed by atoms with E-state index in [4.69, 9.17) is 0 Å². The number of nitrogens with zero attached hydrogens (tertiary/aromatic N) is 2. The Morgan fingerprint density at radius 3 is 2.56 bits per heavy atom. The first-order chi connectivity index (χ1) is 7.79.